The Morgan fingerprint density at radius 3 is 2.42 bits per heavy atom. The molecule has 1 atom stereocenters. The van der Waals surface area contributed by atoms with Crippen molar-refractivity contribution in [2.75, 3.05) is 26.4 Å². The van der Waals surface area contributed by atoms with Crippen molar-refractivity contribution in [1.29, 1.82) is 0 Å². The van der Waals surface area contributed by atoms with Crippen LogP contribution >= 0.6 is 0 Å². The number of benzene rings is 2. The van der Waals surface area contributed by atoms with Crippen molar-refractivity contribution in [3.05, 3.63) is 65.7 Å². The van der Waals surface area contributed by atoms with Crippen molar-refractivity contribution in [3.8, 4) is 5.75 Å². The number of halogens is 3. The zero-order chi connectivity index (χ0) is 22.3. The van der Waals surface area contributed by atoms with Gasteiger partial charge in [-0.3, -0.25) is 4.79 Å². The van der Waals surface area contributed by atoms with E-state index in [1.807, 2.05) is 30.3 Å². The van der Waals surface area contributed by atoms with Crippen LogP contribution in [-0.2, 0) is 15.7 Å². The predicted octanol–water partition coefficient (Wildman–Crippen LogP) is 4.10. The van der Waals surface area contributed by atoms with Gasteiger partial charge in [0.2, 0.25) is 0 Å². The Hall–Kier alpha value is -2.58. The molecule has 2 N–H and O–H groups in total. The van der Waals surface area contributed by atoms with Gasteiger partial charge in [0.25, 0.3) is 5.91 Å². The lowest BCUT2D eigenvalue weighted by molar-refractivity contribution is -0.139. The molecule has 168 valence electrons. The lowest BCUT2D eigenvalue weighted by Gasteiger charge is -2.40. The van der Waals surface area contributed by atoms with E-state index >= 15 is 0 Å². The van der Waals surface area contributed by atoms with Gasteiger partial charge in [-0.2, -0.15) is 13.2 Å². The van der Waals surface area contributed by atoms with E-state index in [0.717, 1.165) is 11.6 Å². The second kappa shape index (κ2) is 10.2. The van der Waals surface area contributed by atoms with Gasteiger partial charge in [-0.1, -0.05) is 42.5 Å². The number of para-hydroxylation sites is 1. The maximum absolute atomic E-state index is 13.1. The number of rotatable bonds is 8. The fourth-order valence-corrected chi connectivity index (χ4v) is 3.71. The van der Waals surface area contributed by atoms with Gasteiger partial charge in [0, 0.05) is 31.3 Å². The maximum atomic E-state index is 13.1. The van der Waals surface area contributed by atoms with E-state index in [-0.39, 0.29) is 17.3 Å². The summed E-state index contributed by atoms with van der Waals surface area (Å²) in [6.45, 7) is 3.04. The molecule has 2 aromatic rings. The summed E-state index contributed by atoms with van der Waals surface area (Å²) in [5.41, 5.74) is -0.138. The molecule has 1 amide bonds. The van der Waals surface area contributed by atoms with E-state index in [0.29, 0.717) is 32.6 Å². The summed E-state index contributed by atoms with van der Waals surface area (Å²) in [5, 5.41) is 6.44. The molecule has 0 aliphatic carbocycles. The fraction of sp³-hybridized carbons (Fsp3) is 0.435. The third-order valence-corrected chi connectivity index (χ3v) is 5.45. The molecule has 31 heavy (non-hydrogen) atoms. The van der Waals surface area contributed by atoms with Crippen LogP contribution < -0.4 is 15.4 Å². The summed E-state index contributed by atoms with van der Waals surface area (Å²) in [5.74, 6) is -0.834. The molecule has 3 rings (SSSR count). The number of alkyl halides is 3. The second-order valence-electron chi connectivity index (χ2n) is 7.73. The average Bonchev–Trinajstić information content (AvgIpc) is 2.77. The van der Waals surface area contributed by atoms with Gasteiger partial charge in [-0.05, 0) is 37.5 Å². The molecule has 0 spiro atoms. The van der Waals surface area contributed by atoms with Crippen LogP contribution in [0.25, 0.3) is 0 Å². The van der Waals surface area contributed by atoms with Crippen molar-refractivity contribution >= 4 is 5.91 Å². The molecular formula is C23H27F3N2O3. The van der Waals surface area contributed by atoms with Crippen LogP contribution in [0.15, 0.2) is 54.6 Å². The molecular weight excluding hydrogens is 409 g/mol. The first kappa shape index (κ1) is 23.1. The van der Waals surface area contributed by atoms with Gasteiger partial charge in [-0.25, -0.2) is 0 Å². The monoisotopic (exact) mass is 436 g/mol. The van der Waals surface area contributed by atoms with E-state index in [4.69, 9.17) is 9.47 Å². The lowest BCUT2D eigenvalue weighted by Crippen LogP contribution is -2.57. The summed E-state index contributed by atoms with van der Waals surface area (Å²) in [6.07, 6.45) is -3.12. The van der Waals surface area contributed by atoms with Crippen molar-refractivity contribution in [3.63, 3.8) is 0 Å². The molecule has 0 radical (unpaired) electrons. The molecule has 1 heterocycles. The topological polar surface area (TPSA) is 59.6 Å². The molecule has 0 aromatic heterocycles. The minimum atomic E-state index is -4.54. The van der Waals surface area contributed by atoms with Crippen LogP contribution in [0.2, 0.25) is 0 Å². The minimum absolute atomic E-state index is 0.0612. The van der Waals surface area contributed by atoms with E-state index in [1.54, 1.807) is 0 Å². The van der Waals surface area contributed by atoms with Crippen LogP contribution in [0.1, 0.15) is 36.9 Å². The molecule has 1 fully saturated rings. The number of hydrogen-bond acceptors (Lipinski definition) is 4. The van der Waals surface area contributed by atoms with E-state index in [2.05, 4.69) is 17.6 Å². The van der Waals surface area contributed by atoms with E-state index in [1.165, 1.54) is 18.2 Å². The Balaban J connectivity index is 1.59. The standard InChI is InChI=1S/C23H27F3N2O3/c1-17(18-7-3-2-4-8-18)28-22(11-13-30-14-12-22)16-27-21(29)15-31-20-10-6-5-9-19(20)23(24,25)26/h2-10,17,28H,11-16H2,1H3,(H,27,29). The van der Waals surface area contributed by atoms with Crippen molar-refractivity contribution in [1.82, 2.24) is 10.6 Å². The fourth-order valence-electron chi connectivity index (χ4n) is 3.71. The quantitative estimate of drug-likeness (QED) is 0.654. The number of nitrogens with one attached hydrogen (secondary N) is 2. The number of amides is 1. The van der Waals surface area contributed by atoms with Gasteiger partial charge in [0.05, 0.1) is 5.56 Å². The van der Waals surface area contributed by atoms with Crippen molar-refractivity contribution in [2.24, 2.45) is 0 Å². The van der Waals surface area contributed by atoms with Crippen LogP contribution in [0.3, 0.4) is 0 Å². The summed E-state index contributed by atoms with van der Waals surface area (Å²) in [4.78, 5) is 12.3. The summed E-state index contributed by atoms with van der Waals surface area (Å²) < 4.78 is 49.9. The number of hydrogen-bond donors (Lipinski definition) is 2. The molecule has 1 aliphatic heterocycles. The first-order chi connectivity index (χ1) is 14.8. The minimum Gasteiger partial charge on any atom is -0.483 e. The Kier molecular flexibility index (Phi) is 7.56. The first-order valence-electron chi connectivity index (χ1n) is 10.3. The average molecular weight is 436 g/mol. The molecule has 1 unspecified atom stereocenters. The first-order valence-corrected chi connectivity index (χ1v) is 10.3. The zero-order valence-electron chi connectivity index (χ0n) is 17.4. The highest BCUT2D eigenvalue weighted by atomic mass is 19.4. The van der Waals surface area contributed by atoms with Gasteiger partial charge >= 0.3 is 6.18 Å². The third-order valence-electron chi connectivity index (χ3n) is 5.45. The molecule has 0 bridgehead atoms. The molecule has 8 heteroatoms. The maximum Gasteiger partial charge on any atom is 0.419 e. The highest BCUT2D eigenvalue weighted by molar-refractivity contribution is 5.77. The highest BCUT2D eigenvalue weighted by Gasteiger charge is 2.35. The van der Waals surface area contributed by atoms with Gasteiger partial charge in [0.1, 0.15) is 5.75 Å². The summed E-state index contributed by atoms with van der Waals surface area (Å²) >= 11 is 0. The molecule has 0 saturated carbocycles. The van der Waals surface area contributed by atoms with Crippen LogP contribution in [0, 0.1) is 0 Å². The van der Waals surface area contributed by atoms with Crippen molar-refractivity contribution < 1.29 is 27.4 Å². The number of ether oxygens (including phenoxy) is 2. The number of carbonyl (C=O) groups excluding carboxylic acids is 1. The Morgan fingerprint density at radius 2 is 1.74 bits per heavy atom. The molecule has 1 aliphatic rings. The normalized spacial score (nSPS) is 17.0. The lowest BCUT2D eigenvalue weighted by atomic mass is 9.88. The zero-order valence-corrected chi connectivity index (χ0v) is 17.4. The van der Waals surface area contributed by atoms with Crippen LogP contribution in [0.5, 0.6) is 5.75 Å². The summed E-state index contributed by atoms with van der Waals surface area (Å²) in [6, 6.07) is 14.9. The largest absolute Gasteiger partial charge is 0.483 e. The molecule has 2 aromatic carbocycles. The Bertz CT molecular complexity index is 853. The predicted molar refractivity (Wildman–Crippen MR) is 111 cm³/mol. The van der Waals surface area contributed by atoms with Gasteiger partial charge in [-0.15, -0.1) is 0 Å². The highest BCUT2D eigenvalue weighted by Crippen LogP contribution is 2.35. The third kappa shape index (κ3) is 6.45. The van der Waals surface area contributed by atoms with Crippen molar-refractivity contribution in [2.45, 2.75) is 37.5 Å². The van der Waals surface area contributed by atoms with Gasteiger partial charge in [0.15, 0.2) is 6.61 Å². The Morgan fingerprint density at radius 1 is 1.10 bits per heavy atom. The van der Waals surface area contributed by atoms with E-state index in [9.17, 15) is 18.0 Å². The SMILES string of the molecule is CC(NC1(CNC(=O)COc2ccccc2C(F)(F)F)CCOCC1)c1ccccc1. The van der Waals surface area contributed by atoms with Crippen LogP contribution in [-0.4, -0.2) is 37.8 Å². The van der Waals surface area contributed by atoms with Crippen LogP contribution in [0.4, 0.5) is 13.2 Å². The van der Waals surface area contributed by atoms with E-state index < -0.39 is 24.3 Å². The van der Waals surface area contributed by atoms with Gasteiger partial charge < -0.3 is 20.1 Å². The molecule has 5 nitrogen and oxygen atoms in total. The Labute approximate surface area is 179 Å². The second-order valence-corrected chi connectivity index (χ2v) is 7.73. The number of carbonyl (C=O) groups is 1. The summed E-state index contributed by atoms with van der Waals surface area (Å²) in [7, 11) is 0. The molecule has 1 saturated heterocycles. The smallest absolute Gasteiger partial charge is 0.419 e.